The molecule has 1 aliphatic heterocycles. The summed E-state index contributed by atoms with van der Waals surface area (Å²) in [7, 11) is 0. The third-order valence-corrected chi connectivity index (χ3v) is 3.06. The van der Waals surface area contributed by atoms with E-state index in [2.05, 4.69) is 15.5 Å². The number of carbonyl (C=O) groups is 1. The Labute approximate surface area is 104 Å². The largest absolute Gasteiger partial charge is 0.355 e. The van der Waals surface area contributed by atoms with Crippen molar-refractivity contribution in [3.8, 4) is 11.4 Å². The molecule has 1 aromatic carbocycles. The van der Waals surface area contributed by atoms with Gasteiger partial charge in [0, 0.05) is 12.1 Å². The quantitative estimate of drug-likeness (QED) is 0.872. The molecule has 1 aliphatic rings. The van der Waals surface area contributed by atoms with Gasteiger partial charge in [0.2, 0.25) is 17.6 Å². The topological polar surface area (TPSA) is 68.0 Å². The molecule has 0 saturated carbocycles. The lowest BCUT2D eigenvalue weighted by Crippen LogP contribution is -2.35. The van der Waals surface area contributed by atoms with Crippen LogP contribution in [0.1, 0.15) is 24.7 Å². The molecule has 2 heterocycles. The molecule has 0 radical (unpaired) electrons. The molecule has 2 aromatic rings. The Hall–Kier alpha value is -2.17. The first-order valence-corrected chi connectivity index (χ1v) is 6.01. The molecule has 1 saturated heterocycles. The molecular weight excluding hydrogens is 230 g/mol. The number of benzene rings is 1. The summed E-state index contributed by atoms with van der Waals surface area (Å²) in [4.78, 5) is 16.0. The SMILES string of the molecule is O=C1NCCCC1c1nc(-c2ccccc2)no1. The van der Waals surface area contributed by atoms with Gasteiger partial charge in [-0.2, -0.15) is 4.98 Å². The summed E-state index contributed by atoms with van der Waals surface area (Å²) < 4.78 is 5.21. The third-order valence-electron chi connectivity index (χ3n) is 3.06. The average Bonchev–Trinajstić information content (AvgIpc) is 2.90. The fourth-order valence-electron chi connectivity index (χ4n) is 2.09. The van der Waals surface area contributed by atoms with Crippen molar-refractivity contribution in [3.05, 3.63) is 36.2 Å². The summed E-state index contributed by atoms with van der Waals surface area (Å²) in [6, 6.07) is 9.58. The minimum Gasteiger partial charge on any atom is -0.355 e. The number of nitrogens with zero attached hydrogens (tertiary/aromatic N) is 2. The summed E-state index contributed by atoms with van der Waals surface area (Å²) in [6.07, 6.45) is 1.71. The molecule has 0 aliphatic carbocycles. The smallest absolute Gasteiger partial charge is 0.239 e. The molecular formula is C13H13N3O2. The highest BCUT2D eigenvalue weighted by atomic mass is 16.5. The minimum atomic E-state index is -0.302. The van der Waals surface area contributed by atoms with Gasteiger partial charge in [0.1, 0.15) is 5.92 Å². The fraction of sp³-hybridized carbons (Fsp3) is 0.308. The Kier molecular flexibility index (Phi) is 2.80. The normalized spacial score (nSPS) is 19.6. The second-order valence-electron chi connectivity index (χ2n) is 4.31. The molecule has 1 amide bonds. The maximum Gasteiger partial charge on any atom is 0.239 e. The van der Waals surface area contributed by atoms with Crippen LogP contribution in [0.2, 0.25) is 0 Å². The first kappa shape index (κ1) is 11.0. The molecule has 1 aromatic heterocycles. The fourth-order valence-corrected chi connectivity index (χ4v) is 2.09. The highest BCUT2D eigenvalue weighted by Gasteiger charge is 2.29. The van der Waals surface area contributed by atoms with Crippen LogP contribution >= 0.6 is 0 Å². The van der Waals surface area contributed by atoms with Crippen molar-refractivity contribution < 1.29 is 9.32 Å². The standard InChI is InChI=1S/C13H13N3O2/c17-12-10(7-4-8-14-12)13-15-11(16-18-13)9-5-2-1-3-6-9/h1-3,5-6,10H,4,7-8H2,(H,14,17). The number of amides is 1. The van der Waals surface area contributed by atoms with Gasteiger partial charge < -0.3 is 9.84 Å². The summed E-state index contributed by atoms with van der Waals surface area (Å²) in [5.74, 6) is 0.614. The van der Waals surface area contributed by atoms with Crippen molar-refractivity contribution >= 4 is 5.91 Å². The number of carbonyl (C=O) groups excluding carboxylic acids is 1. The molecule has 5 nitrogen and oxygen atoms in total. The Morgan fingerprint density at radius 1 is 1.28 bits per heavy atom. The lowest BCUT2D eigenvalue weighted by atomic mass is 9.99. The van der Waals surface area contributed by atoms with Crippen LogP contribution in [0.4, 0.5) is 0 Å². The van der Waals surface area contributed by atoms with E-state index in [0.29, 0.717) is 11.7 Å². The molecule has 1 atom stereocenters. The Bertz CT molecular complexity index is 550. The molecule has 0 spiro atoms. The summed E-state index contributed by atoms with van der Waals surface area (Å²) in [5.41, 5.74) is 0.892. The highest BCUT2D eigenvalue weighted by Crippen LogP contribution is 2.25. The molecule has 0 bridgehead atoms. The predicted octanol–water partition coefficient (Wildman–Crippen LogP) is 1.73. The molecule has 1 fully saturated rings. The van der Waals surface area contributed by atoms with E-state index in [1.807, 2.05) is 30.3 Å². The van der Waals surface area contributed by atoms with Crippen LogP contribution in [0, 0.1) is 0 Å². The number of aromatic nitrogens is 2. The summed E-state index contributed by atoms with van der Waals surface area (Å²) in [6.45, 7) is 0.731. The monoisotopic (exact) mass is 243 g/mol. The van der Waals surface area contributed by atoms with Crippen LogP contribution < -0.4 is 5.32 Å². The molecule has 18 heavy (non-hydrogen) atoms. The van der Waals surface area contributed by atoms with Crippen LogP contribution in [0.3, 0.4) is 0 Å². The second kappa shape index (κ2) is 4.60. The van der Waals surface area contributed by atoms with E-state index in [4.69, 9.17) is 4.52 Å². The minimum absolute atomic E-state index is 0.0236. The van der Waals surface area contributed by atoms with Crippen LogP contribution in [0.5, 0.6) is 0 Å². The predicted molar refractivity (Wildman–Crippen MR) is 64.7 cm³/mol. The average molecular weight is 243 g/mol. The second-order valence-corrected chi connectivity index (χ2v) is 4.31. The lowest BCUT2D eigenvalue weighted by molar-refractivity contribution is -0.124. The van der Waals surface area contributed by atoms with Gasteiger partial charge in [-0.1, -0.05) is 35.5 Å². The van der Waals surface area contributed by atoms with Crippen LogP contribution in [-0.4, -0.2) is 22.6 Å². The van der Waals surface area contributed by atoms with Crippen molar-refractivity contribution in [2.75, 3.05) is 6.54 Å². The molecule has 1 N–H and O–H groups in total. The van der Waals surface area contributed by atoms with Gasteiger partial charge in [0.15, 0.2) is 0 Å². The van der Waals surface area contributed by atoms with E-state index in [1.165, 1.54) is 0 Å². The van der Waals surface area contributed by atoms with Crippen molar-refractivity contribution in [1.82, 2.24) is 15.5 Å². The maximum atomic E-state index is 11.7. The Morgan fingerprint density at radius 2 is 2.11 bits per heavy atom. The summed E-state index contributed by atoms with van der Waals surface area (Å²) >= 11 is 0. The molecule has 3 rings (SSSR count). The van der Waals surface area contributed by atoms with E-state index in [1.54, 1.807) is 0 Å². The molecule has 92 valence electrons. The van der Waals surface area contributed by atoms with Crippen LogP contribution in [-0.2, 0) is 4.79 Å². The van der Waals surface area contributed by atoms with Crippen LogP contribution in [0.15, 0.2) is 34.9 Å². The Balaban J connectivity index is 1.87. The maximum absolute atomic E-state index is 11.7. The van der Waals surface area contributed by atoms with E-state index < -0.39 is 0 Å². The highest BCUT2D eigenvalue weighted by molar-refractivity contribution is 5.83. The zero-order valence-electron chi connectivity index (χ0n) is 9.80. The van der Waals surface area contributed by atoms with Gasteiger partial charge in [0.25, 0.3) is 0 Å². The number of hydrogen-bond acceptors (Lipinski definition) is 4. The third kappa shape index (κ3) is 1.99. The van der Waals surface area contributed by atoms with Crippen molar-refractivity contribution in [2.45, 2.75) is 18.8 Å². The van der Waals surface area contributed by atoms with E-state index in [-0.39, 0.29) is 11.8 Å². The van der Waals surface area contributed by atoms with Gasteiger partial charge in [-0.3, -0.25) is 4.79 Å². The number of piperidine rings is 1. The van der Waals surface area contributed by atoms with Crippen molar-refractivity contribution in [3.63, 3.8) is 0 Å². The number of nitrogens with one attached hydrogen (secondary N) is 1. The Morgan fingerprint density at radius 3 is 2.89 bits per heavy atom. The molecule has 1 unspecified atom stereocenters. The first-order valence-electron chi connectivity index (χ1n) is 6.01. The van der Waals surface area contributed by atoms with E-state index in [0.717, 1.165) is 24.9 Å². The van der Waals surface area contributed by atoms with Crippen molar-refractivity contribution in [2.24, 2.45) is 0 Å². The van der Waals surface area contributed by atoms with Gasteiger partial charge in [-0.25, -0.2) is 0 Å². The number of hydrogen-bond donors (Lipinski definition) is 1. The van der Waals surface area contributed by atoms with E-state index >= 15 is 0 Å². The number of rotatable bonds is 2. The van der Waals surface area contributed by atoms with Crippen molar-refractivity contribution in [1.29, 1.82) is 0 Å². The lowest BCUT2D eigenvalue weighted by Gasteiger charge is -2.17. The zero-order valence-corrected chi connectivity index (χ0v) is 9.80. The van der Waals surface area contributed by atoms with E-state index in [9.17, 15) is 4.79 Å². The van der Waals surface area contributed by atoms with Gasteiger partial charge in [-0.15, -0.1) is 0 Å². The first-order chi connectivity index (χ1) is 8.84. The van der Waals surface area contributed by atoms with Gasteiger partial charge in [-0.05, 0) is 12.8 Å². The van der Waals surface area contributed by atoms with Gasteiger partial charge >= 0.3 is 0 Å². The van der Waals surface area contributed by atoms with Crippen LogP contribution in [0.25, 0.3) is 11.4 Å². The summed E-state index contributed by atoms with van der Waals surface area (Å²) in [5, 5.41) is 6.74. The molecule has 5 heteroatoms. The van der Waals surface area contributed by atoms with Gasteiger partial charge in [0.05, 0.1) is 0 Å². The zero-order chi connectivity index (χ0) is 12.4.